The molecule has 0 aromatic heterocycles. The Morgan fingerprint density at radius 2 is 2.16 bits per heavy atom. The van der Waals surface area contributed by atoms with Crippen LogP contribution in [0.2, 0.25) is 0 Å². The highest BCUT2D eigenvalue weighted by Crippen LogP contribution is 2.28. The number of benzene rings is 1. The molecule has 4 nitrogen and oxygen atoms in total. The van der Waals surface area contributed by atoms with Crippen molar-refractivity contribution in [3.05, 3.63) is 28.2 Å². The highest BCUT2D eigenvalue weighted by molar-refractivity contribution is 9.10. The number of carboxylic acid groups (broad SMARTS) is 1. The van der Waals surface area contributed by atoms with Crippen LogP contribution in [-0.2, 0) is 4.79 Å². The van der Waals surface area contributed by atoms with E-state index in [1.165, 1.54) is 12.1 Å². The van der Waals surface area contributed by atoms with Crippen LogP contribution in [0.5, 0.6) is 0 Å². The minimum Gasteiger partial charge on any atom is -0.481 e. The maximum atomic E-state index is 12.4. The SMILES string of the molecule is N#Cc1ccc(Br)cc1NCC(C(=O)O)C(F)(F)F. The Morgan fingerprint density at radius 1 is 1.53 bits per heavy atom. The number of anilines is 1. The van der Waals surface area contributed by atoms with Crippen LogP contribution in [0, 0.1) is 17.2 Å². The third-order valence-electron chi connectivity index (χ3n) is 2.29. The Labute approximate surface area is 115 Å². The zero-order valence-electron chi connectivity index (χ0n) is 9.33. The number of nitrogens with zero attached hydrogens (tertiary/aromatic N) is 1. The van der Waals surface area contributed by atoms with Gasteiger partial charge >= 0.3 is 12.1 Å². The lowest BCUT2D eigenvalue weighted by molar-refractivity contribution is -0.190. The van der Waals surface area contributed by atoms with E-state index in [9.17, 15) is 18.0 Å². The normalized spacial score (nSPS) is 12.6. The summed E-state index contributed by atoms with van der Waals surface area (Å²) >= 11 is 3.11. The van der Waals surface area contributed by atoms with Gasteiger partial charge in [0.05, 0.1) is 11.3 Å². The number of carbonyl (C=O) groups is 1. The van der Waals surface area contributed by atoms with E-state index in [1.54, 1.807) is 12.1 Å². The van der Waals surface area contributed by atoms with E-state index in [-0.39, 0.29) is 11.3 Å². The van der Waals surface area contributed by atoms with Crippen molar-refractivity contribution in [3.8, 4) is 6.07 Å². The number of nitriles is 1. The summed E-state index contributed by atoms with van der Waals surface area (Å²) in [4.78, 5) is 10.6. The second kappa shape index (κ2) is 5.93. The topological polar surface area (TPSA) is 73.1 Å². The van der Waals surface area contributed by atoms with Crippen LogP contribution in [0.15, 0.2) is 22.7 Å². The van der Waals surface area contributed by atoms with Crippen LogP contribution in [0.1, 0.15) is 5.56 Å². The molecule has 0 aliphatic heterocycles. The monoisotopic (exact) mass is 336 g/mol. The van der Waals surface area contributed by atoms with Gasteiger partial charge in [0.1, 0.15) is 6.07 Å². The summed E-state index contributed by atoms with van der Waals surface area (Å²) in [6, 6.07) is 6.18. The van der Waals surface area contributed by atoms with Gasteiger partial charge < -0.3 is 10.4 Å². The molecule has 102 valence electrons. The number of hydrogen-bond donors (Lipinski definition) is 2. The number of halogens is 4. The lowest BCUT2D eigenvalue weighted by Crippen LogP contribution is -2.36. The van der Waals surface area contributed by atoms with Crippen LogP contribution in [0.25, 0.3) is 0 Å². The first-order valence-electron chi connectivity index (χ1n) is 4.98. The molecular weight excluding hydrogens is 329 g/mol. The van der Waals surface area contributed by atoms with E-state index < -0.39 is 24.6 Å². The summed E-state index contributed by atoms with van der Waals surface area (Å²) in [5.41, 5.74) is 0.280. The third-order valence-corrected chi connectivity index (χ3v) is 2.79. The number of aliphatic carboxylic acids is 1. The highest BCUT2D eigenvalue weighted by atomic mass is 79.9. The number of alkyl halides is 3. The van der Waals surface area contributed by atoms with E-state index in [1.807, 2.05) is 0 Å². The Balaban J connectivity index is 2.89. The number of hydrogen-bond acceptors (Lipinski definition) is 3. The maximum absolute atomic E-state index is 12.4. The fourth-order valence-electron chi connectivity index (χ4n) is 1.32. The molecule has 0 aliphatic carbocycles. The van der Waals surface area contributed by atoms with Gasteiger partial charge in [0.2, 0.25) is 0 Å². The zero-order valence-corrected chi connectivity index (χ0v) is 10.9. The van der Waals surface area contributed by atoms with Crippen LogP contribution < -0.4 is 5.32 Å². The summed E-state index contributed by atoms with van der Waals surface area (Å²) in [5.74, 6) is -4.49. The molecule has 0 radical (unpaired) electrons. The minimum absolute atomic E-state index is 0.134. The van der Waals surface area contributed by atoms with Crippen LogP contribution in [0.4, 0.5) is 18.9 Å². The first kappa shape index (κ1) is 15.3. The van der Waals surface area contributed by atoms with Crippen molar-refractivity contribution in [3.63, 3.8) is 0 Å². The predicted molar refractivity (Wildman–Crippen MR) is 64.5 cm³/mol. The maximum Gasteiger partial charge on any atom is 0.403 e. The highest BCUT2D eigenvalue weighted by Gasteiger charge is 2.44. The molecule has 1 rings (SSSR count). The lowest BCUT2D eigenvalue weighted by atomic mass is 10.1. The van der Waals surface area contributed by atoms with Crippen molar-refractivity contribution in [2.45, 2.75) is 6.18 Å². The summed E-state index contributed by atoms with van der Waals surface area (Å²) in [7, 11) is 0. The van der Waals surface area contributed by atoms with Gasteiger partial charge in [0, 0.05) is 11.0 Å². The fourth-order valence-corrected chi connectivity index (χ4v) is 1.68. The summed E-state index contributed by atoms with van der Waals surface area (Å²) in [5, 5.41) is 19.7. The molecule has 0 bridgehead atoms. The van der Waals surface area contributed by atoms with Gasteiger partial charge in [0.15, 0.2) is 5.92 Å². The number of rotatable bonds is 4. The summed E-state index contributed by atoms with van der Waals surface area (Å²) in [6.07, 6.45) is -4.85. The Bertz CT molecular complexity index is 526. The van der Waals surface area contributed by atoms with Crippen LogP contribution in [-0.4, -0.2) is 23.8 Å². The standard InChI is InChI=1S/C11H8BrF3N2O2/c12-7-2-1-6(4-16)9(3-7)17-5-8(10(18)19)11(13,14)15/h1-3,8,17H,5H2,(H,18,19). The molecule has 1 aromatic rings. The Hall–Kier alpha value is -1.75. The lowest BCUT2D eigenvalue weighted by Gasteiger charge is -2.17. The molecule has 1 unspecified atom stereocenters. The van der Waals surface area contributed by atoms with E-state index in [0.29, 0.717) is 4.47 Å². The quantitative estimate of drug-likeness (QED) is 0.886. The van der Waals surface area contributed by atoms with Crippen molar-refractivity contribution in [2.24, 2.45) is 5.92 Å². The average molecular weight is 337 g/mol. The van der Waals surface area contributed by atoms with Crippen molar-refractivity contribution in [1.82, 2.24) is 0 Å². The molecule has 0 saturated heterocycles. The molecule has 0 heterocycles. The molecule has 0 aliphatic rings. The van der Waals surface area contributed by atoms with E-state index in [0.717, 1.165) is 0 Å². The summed E-state index contributed by atoms with van der Waals surface area (Å²) < 4.78 is 37.9. The van der Waals surface area contributed by atoms with E-state index >= 15 is 0 Å². The van der Waals surface area contributed by atoms with Crippen molar-refractivity contribution < 1.29 is 23.1 Å². The molecule has 0 fully saturated rings. The molecule has 0 amide bonds. The zero-order chi connectivity index (χ0) is 14.6. The number of carboxylic acids is 1. The second-order valence-corrected chi connectivity index (χ2v) is 4.53. The second-order valence-electron chi connectivity index (χ2n) is 3.62. The van der Waals surface area contributed by atoms with Gasteiger partial charge in [-0.05, 0) is 18.2 Å². The van der Waals surface area contributed by atoms with Gasteiger partial charge in [-0.3, -0.25) is 4.79 Å². The molecule has 1 aromatic carbocycles. The predicted octanol–water partition coefficient (Wildman–Crippen LogP) is 3.00. The fraction of sp³-hybridized carbons (Fsp3) is 0.273. The average Bonchev–Trinajstić information content (AvgIpc) is 2.27. The van der Waals surface area contributed by atoms with E-state index in [4.69, 9.17) is 10.4 Å². The molecule has 1 atom stereocenters. The van der Waals surface area contributed by atoms with Gasteiger partial charge in [-0.15, -0.1) is 0 Å². The summed E-state index contributed by atoms with van der Waals surface area (Å²) in [6.45, 7) is -0.843. The van der Waals surface area contributed by atoms with Crippen molar-refractivity contribution in [1.29, 1.82) is 5.26 Å². The van der Waals surface area contributed by atoms with Gasteiger partial charge in [-0.1, -0.05) is 15.9 Å². The largest absolute Gasteiger partial charge is 0.481 e. The van der Waals surface area contributed by atoms with Gasteiger partial charge in [-0.25, -0.2) is 0 Å². The molecule has 0 spiro atoms. The molecule has 19 heavy (non-hydrogen) atoms. The molecule has 2 N–H and O–H groups in total. The van der Waals surface area contributed by atoms with Gasteiger partial charge in [-0.2, -0.15) is 18.4 Å². The Morgan fingerprint density at radius 3 is 2.63 bits per heavy atom. The first-order valence-corrected chi connectivity index (χ1v) is 5.78. The minimum atomic E-state index is -4.85. The number of nitrogens with one attached hydrogen (secondary N) is 1. The first-order chi connectivity index (χ1) is 8.75. The van der Waals surface area contributed by atoms with Crippen molar-refractivity contribution >= 4 is 27.6 Å². The van der Waals surface area contributed by atoms with Gasteiger partial charge in [0.25, 0.3) is 0 Å². The Kier molecular flexibility index (Phi) is 4.78. The smallest absolute Gasteiger partial charge is 0.403 e. The molecule has 8 heteroatoms. The molecular formula is C11H8BrF3N2O2. The van der Waals surface area contributed by atoms with E-state index in [2.05, 4.69) is 21.2 Å². The third kappa shape index (κ3) is 4.13. The van der Waals surface area contributed by atoms with Crippen molar-refractivity contribution in [2.75, 3.05) is 11.9 Å². The van der Waals surface area contributed by atoms with Crippen LogP contribution >= 0.6 is 15.9 Å². The molecule has 0 saturated carbocycles. The van der Waals surface area contributed by atoms with Crippen LogP contribution in [0.3, 0.4) is 0 Å².